The van der Waals surface area contributed by atoms with Crippen molar-refractivity contribution >= 4 is 12.4 Å². The fourth-order valence-electron chi connectivity index (χ4n) is 1.04. The molecule has 0 aliphatic heterocycles. The SMILES string of the molecule is Cl.NC[C@@H](CO)c1ccccc1. The van der Waals surface area contributed by atoms with Gasteiger partial charge in [0, 0.05) is 12.5 Å². The molecule has 0 spiro atoms. The molecule has 0 radical (unpaired) electrons. The third-order valence-corrected chi connectivity index (χ3v) is 1.78. The van der Waals surface area contributed by atoms with Crippen molar-refractivity contribution in [1.29, 1.82) is 0 Å². The molecular formula is C9H14ClNO. The van der Waals surface area contributed by atoms with E-state index in [1.165, 1.54) is 0 Å². The fourth-order valence-corrected chi connectivity index (χ4v) is 1.04. The minimum atomic E-state index is 0. The van der Waals surface area contributed by atoms with Gasteiger partial charge in [0.05, 0.1) is 6.61 Å². The van der Waals surface area contributed by atoms with Gasteiger partial charge < -0.3 is 10.8 Å². The maximum Gasteiger partial charge on any atom is 0.0511 e. The van der Waals surface area contributed by atoms with E-state index in [4.69, 9.17) is 10.8 Å². The number of aliphatic hydroxyl groups is 1. The Balaban J connectivity index is 0.00000121. The molecule has 0 unspecified atom stereocenters. The maximum absolute atomic E-state index is 8.90. The molecule has 0 aliphatic rings. The zero-order valence-electron chi connectivity index (χ0n) is 6.81. The van der Waals surface area contributed by atoms with E-state index in [9.17, 15) is 0 Å². The summed E-state index contributed by atoms with van der Waals surface area (Å²) in [5, 5.41) is 8.90. The van der Waals surface area contributed by atoms with Crippen LogP contribution in [-0.4, -0.2) is 18.3 Å². The minimum Gasteiger partial charge on any atom is -0.396 e. The second kappa shape index (κ2) is 6.00. The van der Waals surface area contributed by atoms with E-state index in [1.54, 1.807) is 0 Å². The highest BCUT2D eigenvalue weighted by Crippen LogP contribution is 2.12. The van der Waals surface area contributed by atoms with Gasteiger partial charge in [0.15, 0.2) is 0 Å². The summed E-state index contributed by atoms with van der Waals surface area (Å²) in [6.45, 7) is 0.626. The molecule has 12 heavy (non-hydrogen) atoms. The van der Waals surface area contributed by atoms with Gasteiger partial charge >= 0.3 is 0 Å². The van der Waals surface area contributed by atoms with Gasteiger partial charge in [-0.3, -0.25) is 0 Å². The van der Waals surface area contributed by atoms with Crippen LogP contribution in [0.15, 0.2) is 30.3 Å². The second-order valence-electron chi connectivity index (χ2n) is 2.53. The summed E-state index contributed by atoms with van der Waals surface area (Å²) >= 11 is 0. The Labute approximate surface area is 78.8 Å². The monoisotopic (exact) mass is 187 g/mol. The van der Waals surface area contributed by atoms with Crippen molar-refractivity contribution in [2.75, 3.05) is 13.2 Å². The summed E-state index contributed by atoms with van der Waals surface area (Å²) in [4.78, 5) is 0. The molecule has 0 aromatic heterocycles. The Hall–Kier alpha value is -0.570. The van der Waals surface area contributed by atoms with Crippen LogP contribution in [0.2, 0.25) is 0 Å². The predicted molar refractivity (Wildman–Crippen MR) is 52.6 cm³/mol. The molecule has 68 valence electrons. The van der Waals surface area contributed by atoms with Crippen LogP contribution < -0.4 is 5.73 Å². The standard InChI is InChI=1S/C9H13NO.ClH/c10-6-9(7-11)8-4-2-1-3-5-8;/h1-5,9,11H,6-7,10H2;1H/t9-;/m0./s1. The van der Waals surface area contributed by atoms with Crippen molar-refractivity contribution in [3.8, 4) is 0 Å². The number of rotatable bonds is 3. The highest BCUT2D eigenvalue weighted by Gasteiger charge is 2.05. The van der Waals surface area contributed by atoms with E-state index >= 15 is 0 Å². The highest BCUT2D eigenvalue weighted by atomic mass is 35.5. The topological polar surface area (TPSA) is 46.2 Å². The van der Waals surface area contributed by atoms with E-state index in [2.05, 4.69) is 0 Å². The van der Waals surface area contributed by atoms with Gasteiger partial charge in [0.1, 0.15) is 0 Å². The zero-order valence-corrected chi connectivity index (χ0v) is 7.63. The van der Waals surface area contributed by atoms with Gasteiger partial charge in [-0.05, 0) is 5.56 Å². The first-order chi connectivity index (χ1) is 5.38. The van der Waals surface area contributed by atoms with Gasteiger partial charge in [-0.2, -0.15) is 0 Å². The summed E-state index contributed by atoms with van der Waals surface area (Å²) in [7, 11) is 0. The van der Waals surface area contributed by atoms with E-state index in [1.807, 2.05) is 30.3 Å². The van der Waals surface area contributed by atoms with Crippen molar-refractivity contribution in [2.45, 2.75) is 5.92 Å². The van der Waals surface area contributed by atoms with E-state index in [0.29, 0.717) is 6.54 Å². The molecule has 1 rings (SSSR count). The normalized spacial score (nSPS) is 11.8. The molecule has 3 heteroatoms. The number of benzene rings is 1. The van der Waals surface area contributed by atoms with E-state index < -0.39 is 0 Å². The third kappa shape index (κ3) is 2.81. The second-order valence-corrected chi connectivity index (χ2v) is 2.53. The lowest BCUT2D eigenvalue weighted by molar-refractivity contribution is 0.268. The van der Waals surface area contributed by atoms with Crippen LogP contribution in [0.25, 0.3) is 0 Å². The Morgan fingerprint density at radius 3 is 2.25 bits per heavy atom. The van der Waals surface area contributed by atoms with Crippen molar-refractivity contribution in [3.05, 3.63) is 35.9 Å². The molecule has 3 N–H and O–H groups in total. The number of hydrogen-bond donors (Lipinski definition) is 2. The largest absolute Gasteiger partial charge is 0.396 e. The summed E-state index contributed by atoms with van der Waals surface area (Å²) < 4.78 is 0. The number of hydrogen-bond acceptors (Lipinski definition) is 2. The fraction of sp³-hybridized carbons (Fsp3) is 0.333. The predicted octanol–water partition coefficient (Wildman–Crippen LogP) is 1.14. The van der Waals surface area contributed by atoms with Gasteiger partial charge in [-0.1, -0.05) is 30.3 Å². The Kier molecular flexibility index (Phi) is 5.72. The van der Waals surface area contributed by atoms with Crippen LogP contribution in [0.4, 0.5) is 0 Å². The zero-order chi connectivity index (χ0) is 8.10. The highest BCUT2D eigenvalue weighted by molar-refractivity contribution is 5.85. The smallest absolute Gasteiger partial charge is 0.0511 e. The molecule has 0 fully saturated rings. The van der Waals surface area contributed by atoms with Gasteiger partial charge in [-0.25, -0.2) is 0 Å². The Morgan fingerprint density at radius 1 is 1.25 bits per heavy atom. The van der Waals surface area contributed by atoms with Crippen LogP contribution >= 0.6 is 12.4 Å². The summed E-state index contributed by atoms with van der Waals surface area (Å²) in [6.07, 6.45) is 0. The van der Waals surface area contributed by atoms with Crippen molar-refractivity contribution < 1.29 is 5.11 Å². The molecular weight excluding hydrogens is 174 g/mol. The number of aliphatic hydroxyl groups excluding tert-OH is 1. The molecule has 0 amide bonds. The van der Waals surface area contributed by atoms with Crippen molar-refractivity contribution in [3.63, 3.8) is 0 Å². The van der Waals surface area contributed by atoms with E-state index in [-0.39, 0.29) is 24.9 Å². The summed E-state index contributed by atoms with van der Waals surface area (Å²) in [6, 6.07) is 9.82. The van der Waals surface area contributed by atoms with Gasteiger partial charge in [0.25, 0.3) is 0 Å². The first-order valence-corrected chi connectivity index (χ1v) is 3.74. The van der Waals surface area contributed by atoms with Crippen LogP contribution in [0.1, 0.15) is 11.5 Å². The molecule has 1 atom stereocenters. The van der Waals surface area contributed by atoms with Gasteiger partial charge in [0.2, 0.25) is 0 Å². The molecule has 0 saturated carbocycles. The molecule has 0 saturated heterocycles. The van der Waals surface area contributed by atoms with Crippen molar-refractivity contribution in [1.82, 2.24) is 0 Å². The van der Waals surface area contributed by atoms with Crippen LogP contribution in [-0.2, 0) is 0 Å². The molecule has 1 aromatic carbocycles. The van der Waals surface area contributed by atoms with Crippen LogP contribution in [0, 0.1) is 0 Å². The quantitative estimate of drug-likeness (QED) is 0.746. The lowest BCUT2D eigenvalue weighted by Gasteiger charge is -2.10. The minimum absolute atomic E-state index is 0. The van der Waals surface area contributed by atoms with Gasteiger partial charge in [-0.15, -0.1) is 12.4 Å². The third-order valence-electron chi connectivity index (χ3n) is 1.78. The molecule has 0 aliphatic carbocycles. The summed E-state index contributed by atoms with van der Waals surface area (Å²) in [5.74, 6) is 0.0937. The van der Waals surface area contributed by atoms with E-state index in [0.717, 1.165) is 5.56 Å². The Bertz CT molecular complexity index is 199. The first-order valence-electron chi connectivity index (χ1n) is 3.74. The van der Waals surface area contributed by atoms with Crippen LogP contribution in [0.3, 0.4) is 0 Å². The average Bonchev–Trinajstić information content (AvgIpc) is 2.09. The number of nitrogens with two attached hydrogens (primary N) is 1. The average molecular weight is 188 g/mol. The molecule has 1 aromatic rings. The molecule has 0 heterocycles. The summed E-state index contributed by atoms with van der Waals surface area (Å²) in [5.41, 5.74) is 6.56. The van der Waals surface area contributed by atoms with Crippen LogP contribution in [0.5, 0.6) is 0 Å². The maximum atomic E-state index is 8.90. The molecule has 2 nitrogen and oxygen atoms in total. The lowest BCUT2D eigenvalue weighted by atomic mass is 10.0. The lowest BCUT2D eigenvalue weighted by Crippen LogP contribution is -2.15. The van der Waals surface area contributed by atoms with Crippen molar-refractivity contribution in [2.24, 2.45) is 5.73 Å². The number of halogens is 1. The first kappa shape index (κ1) is 11.4. The molecule has 0 bridgehead atoms. The Morgan fingerprint density at radius 2 is 1.83 bits per heavy atom.